The van der Waals surface area contributed by atoms with Gasteiger partial charge in [0.1, 0.15) is 5.75 Å². The van der Waals surface area contributed by atoms with Gasteiger partial charge < -0.3 is 9.64 Å². The Morgan fingerprint density at radius 1 is 0.971 bits per heavy atom. The summed E-state index contributed by atoms with van der Waals surface area (Å²) in [7, 11) is 1.72. The number of carbonyl (C=O) groups excluding carboxylic acids is 1. The molecular formula is C30H36N2O2. The molecule has 1 heterocycles. The average molecular weight is 457 g/mol. The first-order valence-electron chi connectivity index (χ1n) is 12.3. The fraction of sp³-hybridized carbons (Fsp3) is 0.367. The molecule has 4 nitrogen and oxygen atoms in total. The molecule has 0 aliphatic carbocycles. The third-order valence-electron chi connectivity index (χ3n) is 6.64. The smallest absolute Gasteiger partial charge is 0.253 e. The number of amides is 1. The molecule has 0 saturated carbocycles. The molecule has 0 spiro atoms. The van der Waals surface area contributed by atoms with Gasteiger partial charge in [-0.25, -0.2) is 0 Å². The molecule has 0 N–H and O–H groups in total. The van der Waals surface area contributed by atoms with E-state index in [2.05, 4.69) is 72.2 Å². The topological polar surface area (TPSA) is 32.8 Å². The Hall–Kier alpha value is -3.11. The highest BCUT2D eigenvalue weighted by Crippen LogP contribution is 2.36. The molecule has 1 aliphatic rings. The molecule has 0 aromatic heterocycles. The highest BCUT2D eigenvalue weighted by molar-refractivity contribution is 5.94. The molecule has 4 heteroatoms. The van der Waals surface area contributed by atoms with E-state index in [-0.39, 0.29) is 5.91 Å². The molecule has 34 heavy (non-hydrogen) atoms. The minimum atomic E-state index is 0.125. The maximum absolute atomic E-state index is 13.5. The van der Waals surface area contributed by atoms with Crippen LogP contribution in [0.2, 0.25) is 0 Å². The van der Waals surface area contributed by atoms with E-state index in [4.69, 9.17) is 4.74 Å². The Morgan fingerprint density at radius 3 is 2.35 bits per heavy atom. The lowest BCUT2D eigenvalue weighted by atomic mass is 9.88. The molecule has 3 aromatic rings. The minimum Gasteiger partial charge on any atom is -0.497 e. The Labute approximate surface area is 204 Å². The standard InChI is InChI=1S/C30H36N2O2/c1-23(2)18-32(30(33)25-13-8-5-9-14-25)21-27-20-31(19-24-11-6-4-7-12-24)22-29(27)26-15-10-16-28(17-26)34-3/h4-17,23,27,29H,18-22H2,1-3H3. The first kappa shape index (κ1) is 24.0. The Kier molecular flexibility index (Phi) is 8.02. The maximum atomic E-state index is 13.5. The summed E-state index contributed by atoms with van der Waals surface area (Å²) < 4.78 is 5.52. The van der Waals surface area contributed by atoms with E-state index in [1.54, 1.807) is 7.11 Å². The van der Waals surface area contributed by atoms with E-state index >= 15 is 0 Å². The zero-order valence-electron chi connectivity index (χ0n) is 20.6. The summed E-state index contributed by atoms with van der Waals surface area (Å²) in [6.45, 7) is 8.74. The molecule has 2 unspecified atom stereocenters. The van der Waals surface area contributed by atoms with Crippen LogP contribution in [0.25, 0.3) is 0 Å². The summed E-state index contributed by atoms with van der Waals surface area (Å²) in [5.74, 6) is 2.11. The number of rotatable bonds is 9. The van der Waals surface area contributed by atoms with Crippen LogP contribution in [0, 0.1) is 11.8 Å². The third-order valence-corrected chi connectivity index (χ3v) is 6.64. The first-order valence-corrected chi connectivity index (χ1v) is 12.3. The zero-order valence-corrected chi connectivity index (χ0v) is 20.6. The molecule has 4 rings (SSSR count). The number of methoxy groups -OCH3 is 1. The van der Waals surface area contributed by atoms with Crippen molar-refractivity contribution >= 4 is 5.91 Å². The highest BCUT2D eigenvalue weighted by atomic mass is 16.5. The van der Waals surface area contributed by atoms with Crippen molar-refractivity contribution in [2.24, 2.45) is 11.8 Å². The zero-order chi connectivity index (χ0) is 23.9. The Bertz CT molecular complexity index is 1050. The van der Waals surface area contributed by atoms with Crippen molar-refractivity contribution in [3.05, 3.63) is 102 Å². The van der Waals surface area contributed by atoms with E-state index < -0.39 is 0 Å². The van der Waals surface area contributed by atoms with Crippen molar-refractivity contribution < 1.29 is 9.53 Å². The van der Waals surface area contributed by atoms with Crippen LogP contribution in [0.15, 0.2) is 84.9 Å². The summed E-state index contributed by atoms with van der Waals surface area (Å²) in [6, 6.07) is 28.8. The van der Waals surface area contributed by atoms with E-state index in [0.29, 0.717) is 17.8 Å². The van der Waals surface area contributed by atoms with Gasteiger partial charge in [-0.2, -0.15) is 0 Å². The SMILES string of the molecule is COc1cccc(C2CN(Cc3ccccc3)CC2CN(CC(C)C)C(=O)c2ccccc2)c1. The van der Waals surface area contributed by atoms with Gasteiger partial charge in [-0.15, -0.1) is 0 Å². The van der Waals surface area contributed by atoms with Crippen LogP contribution in [-0.4, -0.2) is 49.0 Å². The Balaban J connectivity index is 1.59. The van der Waals surface area contributed by atoms with E-state index in [1.165, 1.54) is 11.1 Å². The lowest BCUT2D eigenvalue weighted by Crippen LogP contribution is -2.39. The normalized spacial score (nSPS) is 18.2. The molecule has 1 saturated heterocycles. The van der Waals surface area contributed by atoms with Crippen LogP contribution in [0.3, 0.4) is 0 Å². The van der Waals surface area contributed by atoms with Gasteiger partial charge in [-0.05, 0) is 47.2 Å². The molecule has 0 bridgehead atoms. The highest BCUT2D eigenvalue weighted by Gasteiger charge is 2.36. The van der Waals surface area contributed by atoms with Gasteiger partial charge in [0.05, 0.1) is 7.11 Å². The maximum Gasteiger partial charge on any atom is 0.253 e. The lowest BCUT2D eigenvalue weighted by Gasteiger charge is -2.30. The fourth-order valence-corrected chi connectivity index (χ4v) is 5.09. The van der Waals surface area contributed by atoms with Crippen molar-refractivity contribution in [2.45, 2.75) is 26.3 Å². The molecular weight excluding hydrogens is 420 g/mol. The predicted molar refractivity (Wildman–Crippen MR) is 138 cm³/mol. The van der Waals surface area contributed by atoms with Gasteiger partial charge in [-0.3, -0.25) is 9.69 Å². The molecule has 1 fully saturated rings. The van der Waals surface area contributed by atoms with Crippen molar-refractivity contribution in [3.63, 3.8) is 0 Å². The summed E-state index contributed by atoms with van der Waals surface area (Å²) in [6.07, 6.45) is 0. The Morgan fingerprint density at radius 2 is 1.68 bits per heavy atom. The number of nitrogens with zero attached hydrogens (tertiary/aromatic N) is 2. The summed E-state index contributed by atoms with van der Waals surface area (Å²) >= 11 is 0. The number of ether oxygens (including phenoxy) is 1. The molecule has 0 radical (unpaired) electrons. The van der Waals surface area contributed by atoms with Crippen molar-refractivity contribution in [3.8, 4) is 5.75 Å². The van der Waals surface area contributed by atoms with E-state index in [9.17, 15) is 4.79 Å². The second-order valence-corrected chi connectivity index (χ2v) is 9.79. The quantitative estimate of drug-likeness (QED) is 0.413. The second-order valence-electron chi connectivity index (χ2n) is 9.79. The van der Waals surface area contributed by atoms with Crippen LogP contribution in [0.4, 0.5) is 0 Å². The number of carbonyl (C=O) groups is 1. The van der Waals surface area contributed by atoms with Gasteiger partial charge in [0.15, 0.2) is 0 Å². The van der Waals surface area contributed by atoms with Gasteiger partial charge in [0.25, 0.3) is 5.91 Å². The molecule has 1 aliphatic heterocycles. The predicted octanol–water partition coefficient (Wildman–Crippen LogP) is 5.71. The molecule has 1 amide bonds. The first-order chi connectivity index (χ1) is 16.5. The van der Waals surface area contributed by atoms with Crippen molar-refractivity contribution in [1.29, 1.82) is 0 Å². The van der Waals surface area contributed by atoms with Crippen LogP contribution >= 0.6 is 0 Å². The second kappa shape index (κ2) is 11.3. The number of hydrogen-bond acceptors (Lipinski definition) is 3. The number of benzene rings is 3. The number of likely N-dealkylation sites (tertiary alicyclic amines) is 1. The largest absolute Gasteiger partial charge is 0.497 e. The average Bonchev–Trinajstić information content (AvgIpc) is 3.26. The van der Waals surface area contributed by atoms with Crippen LogP contribution in [-0.2, 0) is 6.54 Å². The minimum absolute atomic E-state index is 0.125. The molecule has 178 valence electrons. The monoisotopic (exact) mass is 456 g/mol. The van der Waals surface area contributed by atoms with Gasteiger partial charge in [0.2, 0.25) is 0 Å². The summed E-state index contributed by atoms with van der Waals surface area (Å²) in [5.41, 5.74) is 3.38. The summed E-state index contributed by atoms with van der Waals surface area (Å²) in [5, 5.41) is 0. The van der Waals surface area contributed by atoms with E-state index in [0.717, 1.165) is 44.0 Å². The number of hydrogen-bond donors (Lipinski definition) is 0. The summed E-state index contributed by atoms with van der Waals surface area (Å²) in [4.78, 5) is 18.1. The molecule has 3 aromatic carbocycles. The van der Waals surface area contributed by atoms with Crippen molar-refractivity contribution in [2.75, 3.05) is 33.3 Å². The van der Waals surface area contributed by atoms with Crippen LogP contribution in [0.1, 0.15) is 41.3 Å². The van der Waals surface area contributed by atoms with Gasteiger partial charge >= 0.3 is 0 Å². The molecule has 2 atom stereocenters. The van der Waals surface area contributed by atoms with Gasteiger partial charge in [-0.1, -0.05) is 74.5 Å². The van der Waals surface area contributed by atoms with Crippen molar-refractivity contribution in [1.82, 2.24) is 9.80 Å². The fourth-order valence-electron chi connectivity index (χ4n) is 5.09. The lowest BCUT2D eigenvalue weighted by molar-refractivity contribution is 0.0703. The van der Waals surface area contributed by atoms with E-state index in [1.807, 2.05) is 36.4 Å². The third kappa shape index (κ3) is 6.06. The van der Waals surface area contributed by atoms with Gasteiger partial charge in [0, 0.05) is 44.2 Å². The van der Waals surface area contributed by atoms with Crippen LogP contribution in [0.5, 0.6) is 5.75 Å². The van der Waals surface area contributed by atoms with Crippen LogP contribution < -0.4 is 4.74 Å².